The summed E-state index contributed by atoms with van der Waals surface area (Å²) < 4.78 is 1.59. The molecule has 8 heteroatoms. The van der Waals surface area contributed by atoms with Gasteiger partial charge < -0.3 is 15.4 Å². The van der Waals surface area contributed by atoms with E-state index in [4.69, 9.17) is 0 Å². The second kappa shape index (κ2) is 6.79. The van der Waals surface area contributed by atoms with E-state index in [1.807, 2.05) is 19.2 Å². The van der Waals surface area contributed by atoms with Crippen molar-refractivity contribution in [1.82, 2.24) is 30.0 Å². The monoisotopic (exact) mass is 328 g/mol. The lowest BCUT2D eigenvalue weighted by atomic mass is 10.2. The van der Waals surface area contributed by atoms with Gasteiger partial charge in [-0.2, -0.15) is 5.10 Å². The van der Waals surface area contributed by atoms with Gasteiger partial charge in [0.05, 0.1) is 24.5 Å². The van der Waals surface area contributed by atoms with Crippen LogP contribution in [0.2, 0.25) is 0 Å². The highest BCUT2D eigenvalue weighted by molar-refractivity contribution is 5.90. The fourth-order valence-electron chi connectivity index (χ4n) is 2.49. The van der Waals surface area contributed by atoms with Gasteiger partial charge in [0.15, 0.2) is 0 Å². The molecule has 0 aliphatic heterocycles. The van der Waals surface area contributed by atoms with E-state index in [-0.39, 0.29) is 18.6 Å². The van der Waals surface area contributed by atoms with Gasteiger partial charge >= 0.3 is 0 Å². The topological polar surface area (TPSA) is 109 Å². The van der Waals surface area contributed by atoms with Crippen LogP contribution in [0.3, 0.4) is 0 Å². The first-order valence-corrected chi connectivity index (χ1v) is 7.87. The zero-order valence-electron chi connectivity index (χ0n) is 13.6. The second-order valence-corrected chi connectivity index (χ2v) is 5.64. The van der Waals surface area contributed by atoms with Gasteiger partial charge in [-0.25, -0.2) is 9.97 Å². The molecule has 0 bridgehead atoms. The van der Waals surface area contributed by atoms with E-state index in [9.17, 15) is 9.90 Å². The molecule has 0 radical (unpaired) electrons. The average Bonchev–Trinajstić information content (AvgIpc) is 3.27. The zero-order chi connectivity index (χ0) is 17.1. The number of aliphatic hydroxyl groups is 1. The molecule has 3 aromatic rings. The molecular formula is C16H20N6O2. The molecule has 0 saturated heterocycles. The number of carbonyl (C=O) groups is 1. The van der Waals surface area contributed by atoms with E-state index >= 15 is 0 Å². The Morgan fingerprint density at radius 3 is 3.04 bits per heavy atom. The van der Waals surface area contributed by atoms with Gasteiger partial charge in [0, 0.05) is 23.3 Å². The fraction of sp³-hybridized carbons (Fsp3) is 0.375. The largest absolute Gasteiger partial charge is 0.394 e. The Balaban J connectivity index is 1.82. The van der Waals surface area contributed by atoms with Crippen LogP contribution in [0.1, 0.15) is 26.3 Å². The molecular weight excluding hydrogens is 308 g/mol. The van der Waals surface area contributed by atoms with Gasteiger partial charge in [-0.1, -0.05) is 6.92 Å². The maximum absolute atomic E-state index is 12.3. The maximum atomic E-state index is 12.3. The van der Waals surface area contributed by atoms with Crippen molar-refractivity contribution in [2.75, 3.05) is 6.61 Å². The first kappa shape index (κ1) is 16.1. The lowest BCUT2D eigenvalue weighted by Crippen LogP contribution is -2.40. The third-order valence-electron chi connectivity index (χ3n) is 4.06. The first-order valence-electron chi connectivity index (χ1n) is 7.87. The van der Waals surface area contributed by atoms with E-state index in [0.717, 1.165) is 22.3 Å². The molecule has 2 atom stereocenters. The molecule has 0 aromatic carbocycles. The fourth-order valence-corrected chi connectivity index (χ4v) is 2.49. The Hall–Kier alpha value is -2.74. The molecule has 3 N–H and O–H groups in total. The van der Waals surface area contributed by atoms with Crippen LogP contribution in [-0.4, -0.2) is 48.4 Å². The number of carbonyl (C=O) groups excluding carboxylic acids is 1. The molecule has 0 aliphatic carbocycles. The minimum atomic E-state index is -0.483. The number of fused-ring (bicyclic) bond motifs is 1. The number of rotatable bonds is 6. The molecule has 0 aliphatic rings. The van der Waals surface area contributed by atoms with Crippen LogP contribution in [-0.2, 0) is 4.79 Å². The van der Waals surface area contributed by atoms with Gasteiger partial charge in [-0.15, -0.1) is 0 Å². The van der Waals surface area contributed by atoms with Gasteiger partial charge in [-0.05, 0) is 19.4 Å². The third kappa shape index (κ3) is 3.00. The van der Waals surface area contributed by atoms with Gasteiger partial charge in [0.25, 0.3) is 0 Å². The summed E-state index contributed by atoms with van der Waals surface area (Å²) in [5, 5.41) is 17.2. The van der Waals surface area contributed by atoms with Crippen molar-refractivity contribution in [3.05, 3.63) is 31.0 Å². The van der Waals surface area contributed by atoms with Crippen molar-refractivity contribution in [1.29, 1.82) is 0 Å². The number of H-pyrrole nitrogens is 1. The van der Waals surface area contributed by atoms with Gasteiger partial charge in [0.2, 0.25) is 5.91 Å². The van der Waals surface area contributed by atoms with E-state index in [2.05, 4.69) is 25.4 Å². The van der Waals surface area contributed by atoms with Crippen LogP contribution in [0.5, 0.6) is 0 Å². The Bertz CT molecular complexity index is 836. The smallest absolute Gasteiger partial charge is 0.244 e. The van der Waals surface area contributed by atoms with Crippen molar-refractivity contribution in [2.24, 2.45) is 0 Å². The van der Waals surface area contributed by atoms with Crippen molar-refractivity contribution in [3.8, 4) is 11.3 Å². The molecule has 3 rings (SSSR count). The minimum absolute atomic E-state index is 0.0777. The van der Waals surface area contributed by atoms with E-state index < -0.39 is 6.04 Å². The van der Waals surface area contributed by atoms with Crippen molar-refractivity contribution in [2.45, 2.75) is 32.4 Å². The SMILES string of the molecule is CCC(CO)NC(=O)C(C)n1cc(-c2ncnc3[nH]ccc23)cn1. The number of nitrogens with zero attached hydrogens (tertiary/aromatic N) is 4. The van der Waals surface area contributed by atoms with Gasteiger partial charge in [-0.3, -0.25) is 9.48 Å². The van der Waals surface area contributed by atoms with Crippen LogP contribution in [0.4, 0.5) is 0 Å². The van der Waals surface area contributed by atoms with Gasteiger partial charge in [0.1, 0.15) is 18.0 Å². The summed E-state index contributed by atoms with van der Waals surface area (Å²) in [5.74, 6) is -0.181. The lowest BCUT2D eigenvalue weighted by Gasteiger charge is -2.18. The Morgan fingerprint density at radius 2 is 2.29 bits per heavy atom. The summed E-state index contributed by atoms with van der Waals surface area (Å²) in [6.45, 7) is 3.60. The van der Waals surface area contributed by atoms with Crippen LogP contribution in [0.25, 0.3) is 22.3 Å². The van der Waals surface area contributed by atoms with E-state index in [1.165, 1.54) is 6.33 Å². The molecule has 126 valence electrons. The highest BCUT2D eigenvalue weighted by Gasteiger charge is 2.19. The van der Waals surface area contributed by atoms with E-state index in [0.29, 0.717) is 6.42 Å². The number of amides is 1. The summed E-state index contributed by atoms with van der Waals surface area (Å²) in [6, 6.07) is 1.19. The Morgan fingerprint density at radius 1 is 1.46 bits per heavy atom. The highest BCUT2D eigenvalue weighted by Crippen LogP contribution is 2.24. The minimum Gasteiger partial charge on any atom is -0.394 e. The summed E-state index contributed by atoms with van der Waals surface area (Å²) in [6.07, 6.45) is 7.45. The molecule has 2 unspecified atom stereocenters. The molecule has 0 saturated carbocycles. The molecule has 24 heavy (non-hydrogen) atoms. The van der Waals surface area contributed by atoms with E-state index in [1.54, 1.807) is 24.0 Å². The lowest BCUT2D eigenvalue weighted by molar-refractivity contribution is -0.125. The van der Waals surface area contributed by atoms with Crippen LogP contribution >= 0.6 is 0 Å². The average molecular weight is 328 g/mol. The highest BCUT2D eigenvalue weighted by atomic mass is 16.3. The predicted octanol–water partition coefficient (Wildman–Crippen LogP) is 1.27. The molecule has 8 nitrogen and oxygen atoms in total. The number of hydrogen-bond acceptors (Lipinski definition) is 5. The Labute approximate surface area is 138 Å². The molecule has 3 heterocycles. The number of aromatic nitrogens is 5. The summed E-state index contributed by atoms with van der Waals surface area (Å²) in [5.41, 5.74) is 2.34. The summed E-state index contributed by atoms with van der Waals surface area (Å²) in [4.78, 5) is 23.8. The number of nitrogens with one attached hydrogen (secondary N) is 2. The van der Waals surface area contributed by atoms with Crippen molar-refractivity contribution in [3.63, 3.8) is 0 Å². The molecule has 0 fully saturated rings. The first-order chi connectivity index (χ1) is 11.6. The number of aromatic amines is 1. The number of hydrogen-bond donors (Lipinski definition) is 3. The van der Waals surface area contributed by atoms with Crippen molar-refractivity contribution < 1.29 is 9.90 Å². The molecule has 0 spiro atoms. The summed E-state index contributed by atoms with van der Waals surface area (Å²) >= 11 is 0. The van der Waals surface area contributed by atoms with Crippen molar-refractivity contribution >= 4 is 16.9 Å². The molecule has 1 amide bonds. The van der Waals surface area contributed by atoms with Crippen LogP contribution < -0.4 is 5.32 Å². The predicted molar refractivity (Wildman–Crippen MR) is 89.1 cm³/mol. The zero-order valence-corrected chi connectivity index (χ0v) is 13.6. The normalized spacial score (nSPS) is 13.8. The third-order valence-corrected chi connectivity index (χ3v) is 4.06. The Kier molecular flexibility index (Phi) is 4.57. The maximum Gasteiger partial charge on any atom is 0.244 e. The molecule has 3 aromatic heterocycles. The van der Waals surface area contributed by atoms with Crippen LogP contribution in [0, 0.1) is 0 Å². The van der Waals surface area contributed by atoms with Crippen LogP contribution in [0.15, 0.2) is 31.0 Å². The second-order valence-electron chi connectivity index (χ2n) is 5.64. The quantitative estimate of drug-likeness (QED) is 0.631. The number of aliphatic hydroxyl groups excluding tert-OH is 1. The standard InChI is InChI=1S/C16H20N6O2/c1-3-12(8-23)21-16(24)10(2)22-7-11(6-20-22)14-13-4-5-17-15(13)19-9-18-14/h4-7,9-10,12,23H,3,8H2,1-2H3,(H,21,24)(H,17,18,19). The summed E-state index contributed by atoms with van der Waals surface area (Å²) in [7, 11) is 0.